The molecule has 1 aliphatic heterocycles. The van der Waals surface area contributed by atoms with E-state index in [1.165, 1.54) is 31.4 Å². The Morgan fingerprint density at radius 2 is 1.94 bits per heavy atom. The van der Waals surface area contributed by atoms with Gasteiger partial charge in [-0.1, -0.05) is 18.2 Å². The van der Waals surface area contributed by atoms with E-state index in [2.05, 4.69) is 32.2 Å². The van der Waals surface area contributed by atoms with Crippen LogP contribution in [0.2, 0.25) is 0 Å². The summed E-state index contributed by atoms with van der Waals surface area (Å²) in [6.45, 7) is 1.79. The molecule has 0 unspecified atom stereocenters. The second-order valence-corrected chi connectivity index (χ2v) is 9.89. The molecule has 1 saturated carbocycles. The Kier molecular flexibility index (Phi) is 5.64. The van der Waals surface area contributed by atoms with Gasteiger partial charge in [0.25, 0.3) is 0 Å². The van der Waals surface area contributed by atoms with Gasteiger partial charge in [0.2, 0.25) is 5.95 Å². The highest BCUT2D eigenvalue weighted by molar-refractivity contribution is 7.99. The lowest BCUT2D eigenvalue weighted by Gasteiger charge is -2.43. The summed E-state index contributed by atoms with van der Waals surface area (Å²) in [5.74, 6) is 0.601. The standard InChI is InChI=1S/C22H26F3N7S/c1-27-16-3-2-6-21(16)7-10-31(11-8-21)20-29-13-15(19-28-9-12-32(19)20)33-14-4-5-17(26)30-18(14)22(23,24)25/h4-5,9,12-13,16,27H,2-3,6-8,10-11H2,1H3,(H2,26,30)/t16-/m1/s1. The molecular weight excluding hydrogens is 451 g/mol. The number of pyridine rings is 1. The van der Waals surface area contributed by atoms with Crippen LogP contribution in [0, 0.1) is 5.41 Å². The molecule has 1 atom stereocenters. The molecule has 2 aliphatic rings. The highest BCUT2D eigenvalue weighted by atomic mass is 32.2. The van der Waals surface area contributed by atoms with Gasteiger partial charge < -0.3 is 16.0 Å². The first-order valence-electron chi connectivity index (χ1n) is 11.1. The summed E-state index contributed by atoms with van der Waals surface area (Å²) in [7, 11) is 2.05. The number of rotatable bonds is 4. The van der Waals surface area contributed by atoms with Crippen molar-refractivity contribution in [2.24, 2.45) is 5.41 Å². The number of halogens is 3. The number of nitrogens with zero attached hydrogens (tertiary/aromatic N) is 5. The van der Waals surface area contributed by atoms with E-state index in [9.17, 15) is 13.2 Å². The van der Waals surface area contributed by atoms with Crippen molar-refractivity contribution in [2.45, 2.75) is 54.1 Å². The molecule has 3 N–H and O–H groups in total. The Labute approximate surface area is 194 Å². The second-order valence-electron chi connectivity index (χ2n) is 8.81. The van der Waals surface area contributed by atoms with Gasteiger partial charge in [0.05, 0.1) is 4.90 Å². The Morgan fingerprint density at radius 3 is 2.67 bits per heavy atom. The molecule has 1 aliphatic carbocycles. The summed E-state index contributed by atoms with van der Waals surface area (Å²) >= 11 is 0.947. The van der Waals surface area contributed by atoms with E-state index in [1.54, 1.807) is 12.4 Å². The molecule has 33 heavy (non-hydrogen) atoms. The average Bonchev–Trinajstić information content (AvgIpc) is 3.43. The van der Waals surface area contributed by atoms with E-state index in [-0.39, 0.29) is 10.7 Å². The van der Waals surface area contributed by atoms with Gasteiger partial charge >= 0.3 is 6.18 Å². The number of fused-ring (bicyclic) bond motifs is 1. The van der Waals surface area contributed by atoms with E-state index in [1.807, 2.05) is 10.6 Å². The zero-order valence-corrected chi connectivity index (χ0v) is 19.1. The van der Waals surface area contributed by atoms with Crippen LogP contribution in [0.15, 0.2) is 40.5 Å². The molecule has 0 bridgehead atoms. The lowest BCUT2D eigenvalue weighted by Crippen LogP contribution is -2.48. The van der Waals surface area contributed by atoms with Crippen LogP contribution >= 0.6 is 11.8 Å². The van der Waals surface area contributed by atoms with Gasteiger partial charge in [0.15, 0.2) is 11.3 Å². The first-order chi connectivity index (χ1) is 15.8. The number of alkyl halides is 3. The van der Waals surface area contributed by atoms with Crippen LogP contribution in [0.3, 0.4) is 0 Å². The molecule has 1 spiro atoms. The Morgan fingerprint density at radius 1 is 1.15 bits per heavy atom. The number of nitrogen functional groups attached to an aromatic ring is 1. The molecule has 7 nitrogen and oxygen atoms in total. The maximum absolute atomic E-state index is 13.5. The highest BCUT2D eigenvalue weighted by Gasteiger charge is 2.44. The fourth-order valence-electron chi connectivity index (χ4n) is 5.39. The summed E-state index contributed by atoms with van der Waals surface area (Å²) in [5, 5.41) is 3.51. The number of nitrogens with two attached hydrogens (primary N) is 1. The second kappa shape index (κ2) is 8.35. The van der Waals surface area contributed by atoms with Crippen molar-refractivity contribution in [2.75, 3.05) is 30.8 Å². The van der Waals surface area contributed by atoms with Crippen molar-refractivity contribution < 1.29 is 13.2 Å². The van der Waals surface area contributed by atoms with Crippen molar-refractivity contribution in [1.82, 2.24) is 24.7 Å². The van der Waals surface area contributed by atoms with Crippen LogP contribution in [-0.4, -0.2) is 45.5 Å². The summed E-state index contributed by atoms with van der Waals surface area (Å²) < 4.78 is 42.3. The smallest absolute Gasteiger partial charge is 0.384 e. The molecule has 3 aromatic heterocycles. The Bertz CT molecular complexity index is 1150. The molecule has 4 heterocycles. The van der Waals surface area contributed by atoms with Crippen molar-refractivity contribution >= 4 is 29.2 Å². The number of hydrogen-bond donors (Lipinski definition) is 2. The zero-order chi connectivity index (χ0) is 23.2. The van der Waals surface area contributed by atoms with Gasteiger partial charge in [-0.05, 0) is 50.3 Å². The van der Waals surface area contributed by atoms with Crippen LogP contribution in [0.1, 0.15) is 37.8 Å². The van der Waals surface area contributed by atoms with Crippen LogP contribution in [0.5, 0.6) is 0 Å². The molecule has 0 aromatic carbocycles. The van der Waals surface area contributed by atoms with Gasteiger partial charge in [-0.2, -0.15) is 13.2 Å². The van der Waals surface area contributed by atoms with Gasteiger partial charge in [-0.15, -0.1) is 0 Å². The molecule has 5 rings (SSSR count). The summed E-state index contributed by atoms with van der Waals surface area (Å²) in [6.07, 6.45) is 6.40. The van der Waals surface area contributed by atoms with Crippen LogP contribution in [-0.2, 0) is 6.18 Å². The molecule has 2 fully saturated rings. The number of hydrogen-bond acceptors (Lipinski definition) is 7. The van der Waals surface area contributed by atoms with E-state index in [0.29, 0.717) is 22.0 Å². The number of imidazole rings is 1. The fourth-order valence-corrected chi connectivity index (χ4v) is 6.37. The maximum Gasteiger partial charge on any atom is 0.434 e. The van der Waals surface area contributed by atoms with Crippen molar-refractivity contribution in [3.8, 4) is 0 Å². The number of nitrogens with one attached hydrogen (secondary N) is 1. The third kappa shape index (κ3) is 4.01. The number of piperidine rings is 1. The quantitative estimate of drug-likeness (QED) is 0.582. The molecule has 0 amide bonds. The first-order valence-corrected chi connectivity index (χ1v) is 11.9. The minimum atomic E-state index is -4.61. The largest absolute Gasteiger partial charge is 0.434 e. The van der Waals surface area contributed by atoms with Gasteiger partial charge in [0.1, 0.15) is 5.82 Å². The lowest BCUT2D eigenvalue weighted by atomic mass is 9.74. The molecule has 11 heteroatoms. The van der Waals surface area contributed by atoms with Crippen LogP contribution < -0.4 is 16.0 Å². The SMILES string of the molecule is CN[C@@H]1CCCC12CCN(c1ncc(Sc3ccc(N)nc3C(F)(F)F)c3nccn13)CC2. The van der Waals surface area contributed by atoms with Crippen molar-refractivity contribution in [1.29, 1.82) is 0 Å². The predicted molar refractivity (Wildman–Crippen MR) is 121 cm³/mol. The monoisotopic (exact) mass is 477 g/mol. The first kappa shape index (κ1) is 22.3. The van der Waals surface area contributed by atoms with Gasteiger partial charge in [0, 0.05) is 42.6 Å². The normalized spacial score (nSPS) is 20.7. The van der Waals surface area contributed by atoms with Crippen molar-refractivity contribution in [3.05, 3.63) is 36.4 Å². The number of aromatic nitrogens is 4. The predicted octanol–water partition coefficient (Wildman–Crippen LogP) is 4.24. The summed E-state index contributed by atoms with van der Waals surface area (Å²) in [6, 6.07) is 3.27. The maximum atomic E-state index is 13.5. The summed E-state index contributed by atoms with van der Waals surface area (Å²) in [4.78, 5) is 15.3. The topological polar surface area (TPSA) is 84.4 Å². The molecule has 0 radical (unpaired) electrons. The number of anilines is 2. The minimum absolute atomic E-state index is 0.0320. The molecule has 1 saturated heterocycles. The van der Waals surface area contributed by atoms with Crippen molar-refractivity contribution in [3.63, 3.8) is 0 Å². The van der Waals surface area contributed by atoms with Crippen LogP contribution in [0.25, 0.3) is 5.65 Å². The Balaban J connectivity index is 1.42. The molecular formula is C22H26F3N7S. The minimum Gasteiger partial charge on any atom is -0.384 e. The third-order valence-electron chi connectivity index (χ3n) is 7.04. The van der Waals surface area contributed by atoms with Gasteiger partial charge in [-0.25, -0.2) is 15.0 Å². The van der Waals surface area contributed by atoms with Crippen LogP contribution in [0.4, 0.5) is 24.9 Å². The van der Waals surface area contributed by atoms with Gasteiger partial charge in [-0.3, -0.25) is 4.40 Å². The summed E-state index contributed by atoms with van der Waals surface area (Å²) in [5.41, 5.74) is 5.42. The lowest BCUT2D eigenvalue weighted by molar-refractivity contribution is -0.143. The van der Waals surface area contributed by atoms with E-state index < -0.39 is 11.9 Å². The molecule has 3 aromatic rings. The van der Waals surface area contributed by atoms with E-state index >= 15 is 0 Å². The van der Waals surface area contributed by atoms with E-state index in [4.69, 9.17) is 5.73 Å². The highest BCUT2D eigenvalue weighted by Crippen LogP contribution is 2.47. The van der Waals surface area contributed by atoms with E-state index in [0.717, 1.165) is 43.6 Å². The average molecular weight is 478 g/mol. The Hall–Kier alpha value is -2.53. The fraction of sp³-hybridized carbons (Fsp3) is 0.500. The zero-order valence-electron chi connectivity index (χ0n) is 18.3. The third-order valence-corrected chi connectivity index (χ3v) is 8.10. The molecule has 176 valence electrons.